The predicted molar refractivity (Wildman–Crippen MR) is 74.0 cm³/mol. The Balaban J connectivity index is 2.40. The van der Waals surface area contributed by atoms with Crippen molar-refractivity contribution in [2.75, 3.05) is 6.61 Å². The SMILES string of the molecule is CCOc1ccccc1-c1nc(C(C)(C)O)cs1. The van der Waals surface area contributed by atoms with Crippen LogP contribution < -0.4 is 4.74 Å². The van der Waals surface area contributed by atoms with Crippen molar-refractivity contribution in [3.63, 3.8) is 0 Å². The first-order valence-corrected chi connectivity index (χ1v) is 6.81. The lowest BCUT2D eigenvalue weighted by atomic mass is 10.1. The third-order valence-electron chi connectivity index (χ3n) is 2.55. The van der Waals surface area contributed by atoms with E-state index in [0.29, 0.717) is 12.3 Å². The molecule has 0 atom stereocenters. The number of benzene rings is 1. The Morgan fingerprint density at radius 1 is 1.33 bits per heavy atom. The number of hydrogen-bond acceptors (Lipinski definition) is 4. The largest absolute Gasteiger partial charge is 0.493 e. The maximum atomic E-state index is 9.93. The minimum atomic E-state index is -0.907. The normalized spacial score (nSPS) is 11.6. The molecule has 0 saturated heterocycles. The number of ether oxygens (including phenoxy) is 1. The van der Waals surface area contributed by atoms with Gasteiger partial charge >= 0.3 is 0 Å². The van der Waals surface area contributed by atoms with Gasteiger partial charge in [-0.2, -0.15) is 0 Å². The van der Waals surface area contributed by atoms with Crippen molar-refractivity contribution in [3.05, 3.63) is 35.3 Å². The van der Waals surface area contributed by atoms with Crippen LogP contribution in [0, 0.1) is 0 Å². The van der Waals surface area contributed by atoms with Gasteiger partial charge in [-0.3, -0.25) is 0 Å². The molecule has 2 aromatic rings. The van der Waals surface area contributed by atoms with E-state index in [9.17, 15) is 5.11 Å². The van der Waals surface area contributed by atoms with Crippen molar-refractivity contribution in [1.29, 1.82) is 0 Å². The molecule has 0 fully saturated rings. The van der Waals surface area contributed by atoms with Gasteiger partial charge in [0.15, 0.2) is 0 Å². The summed E-state index contributed by atoms with van der Waals surface area (Å²) in [5.74, 6) is 0.830. The van der Waals surface area contributed by atoms with E-state index in [1.807, 2.05) is 36.6 Å². The lowest BCUT2D eigenvalue weighted by molar-refractivity contribution is 0.0746. The molecule has 18 heavy (non-hydrogen) atoms. The second kappa shape index (κ2) is 5.08. The average Bonchev–Trinajstić information content (AvgIpc) is 2.79. The number of rotatable bonds is 4. The third-order valence-corrected chi connectivity index (χ3v) is 3.42. The van der Waals surface area contributed by atoms with Gasteiger partial charge in [-0.1, -0.05) is 12.1 Å². The van der Waals surface area contributed by atoms with Crippen LogP contribution in [0.3, 0.4) is 0 Å². The van der Waals surface area contributed by atoms with Gasteiger partial charge in [0.2, 0.25) is 0 Å². The van der Waals surface area contributed by atoms with E-state index in [1.54, 1.807) is 13.8 Å². The molecule has 0 bridgehead atoms. The molecule has 1 heterocycles. The van der Waals surface area contributed by atoms with Gasteiger partial charge in [0.05, 0.1) is 17.9 Å². The van der Waals surface area contributed by atoms with Crippen LogP contribution in [0.1, 0.15) is 26.5 Å². The Labute approximate surface area is 111 Å². The van der Waals surface area contributed by atoms with E-state index in [4.69, 9.17) is 4.74 Å². The van der Waals surface area contributed by atoms with Gasteiger partial charge in [-0.05, 0) is 32.9 Å². The first kappa shape index (κ1) is 13.1. The summed E-state index contributed by atoms with van der Waals surface area (Å²) >= 11 is 1.52. The number of aliphatic hydroxyl groups is 1. The Morgan fingerprint density at radius 3 is 2.67 bits per heavy atom. The maximum Gasteiger partial charge on any atom is 0.129 e. The number of hydrogen-bond donors (Lipinski definition) is 1. The molecule has 1 N–H and O–H groups in total. The summed E-state index contributed by atoms with van der Waals surface area (Å²) in [6.07, 6.45) is 0. The molecule has 0 spiro atoms. The molecule has 3 nitrogen and oxygen atoms in total. The molecule has 0 aliphatic rings. The molecular formula is C14H17NO2S. The molecule has 0 aliphatic heterocycles. The fourth-order valence-corrected chi connectivity index (χ4v) is 2.61. The zero-order valence-electron chi connectivity index (χ0n) is 10.8. The van der Waals surface area contributed by atoms with Crippen LogP contribution in [-0.4, -0.2) is 16.7 Å². The summed E-state index contributed by atoms with van der Waals surface area (Å²) in [4.78, 5) is 4.48. The van der Waals surface area contributed by atoms with Gasteiger partial charge in [0.25, 0.3) is 0 Å². The second-order valence-corrected chi connectivity index (χ2v) is 5.38. The third kappa shape index (κ3) is 2.71. The highest BCUT2D eigenvalue weighted by atomic mass is 32.1. The molecule has 4 heteroatoms. The van der Waals surface area contributed by atoms with Crippen molar-refractivity contribution < 1.29 is 9.84 Å². The number of aromatic nitrogens is 1. The van der Waals surface area contributed by atoms with Crippen LogP contribution in [-0.2, 0) is 5.60 Å². The van der Waals surface area contributed by atoms with Crippen LogP contribution in [0.5, 0.6) is 5.75 Å². The average molecular weight is 263 g/mol. The summed E-state index contributed by atoms with van der Waals surface area (Å²) in [6.45, 7) is 6.06. The van der Waals surface area contributed by atoms with Gasteiger partial charge in [-0.15, -0.1) is 11.3 Å². The fraction of sp³-hybridized carbons (Fsp3) is 0.357. The molecule has 0 unspecified atom stereocenters. The lowest BCUT2D eigenvalue weighted by Gasteiger charge is -2.13. The Hall–Kier alpha value is -1.39. The van der Waals surface area contributed by atoms with Gasteiger partial charge in [-0.25, -0.2) is 4.98 Å². The van der Waals surface area contributed by atoms with Gasteiger partial charge in [0.1, 0.15) is 16.4 Å². The molecule has 1 aromatic heterocycles. The standard InChI is InChI=1S/C14H17NO2S/c1-4-17-11-8-6-5-7-10(11)13-15-12(9-18-13)14(2,3)16/h5-9,16H,4H2,1-3H3. The zero-order valence-corrected chi connectivity index (χ0v) is 11.6. The number of thiazole rings is 1. The highest BCUT2D eigenvalue weighted by Crippen LogP contribution is 2.34. The fourth-order valence-electron chi connectivity index (χ4n) is 1.60. The van der Waals surface area contributed by atoms with E-state index in [1.165, 1.54) is 11.3 Å². The molecule has 0 amide bonds. The Bertz CT molecular complexity index is 529. The smallest absolute Gasteiger partial charge is 0.129 e. The molecule has 96 valence electrons. The van der Waals surface area contributed by atoms with E-state index in [2.05, 4.69) is 4.98 Å². The van der Waals surface area contributed by atoms with Crippen LogP contribution in [0.2, 0.25) is 0 Å². The number of para-hydroxylation sites is 1. The van der Waals surface area contributed by atoms with Crippen LogP contribution in [0.15, 0.2) is 29.6 Å². The van der Waals surface area contributed by atoms with Crippen LogP contribution >= 0.6 is 11.3 Å². The summed E-state index contributed by atoms with van der Waals surface area (Å²) in [5.41, 5.74) is 0.753. The topological polar surface area (TPSA) is 42.4 Å². The second-order valence-electron chi connectivity index (χ2n) is 4.53. The molecule has 0 saturated carbocycles. The Kier molecular flexibility index (Phi) is 3.68. The van der Waals surface area contributed by atoms with E-state index >= 15 is 0 Å². The van der Waals surface area contributed by atoms with Crippen molar-refractivity contribution in [3.8, 4) is 16.3 Å². The summed E-state index contributed by atoms with van der Waals surface area (Å²) in [6, 6.07) is 7.82. The van der Waals surface area contributed by atoms with Gasteiger partial charge < -0.3 is 9.84 Å². The molecule has 1 aromatic carbocycles. The maximum absolute atomic E-state index is 9.93. The molecule has 0 radical (unpaired) electrons. The first-order valence-electron chi connectivity index (χ1n) is 5.93. The quantitative estimate of drug-likeness (QED) is 0.918. The van der Waals surface area contributed by atoms with E-state index in [-0.39, 0.29) is 0 Å². The summed E-state index contributed by atoms with van der Waals surface area (Å²) in [5, 5.41) is 12.7. The molecule has 2 rings (SSSR count). The summed E-state index contributed by atoms with van der Waals surface area (Å²) in [7, 11) is 0. The highest BCUT2D eigenvalue weighted by molar-refractivity contribution is 7.13. The minimum Gasteiger partial charge on any atom is -0.493 e. The number of nitrogens with zero attached hydrogens (tertiary/aromatic N) is 1. The minimum absolute atomic E-state index is 0.626. The van der Waals surface area contributed by atoms with Crippen molar-refractivity contribution >= 4 is 11.3 Å². The van der Waals surface area contributed by atoms with E-state index in [0.717, 1.165) is 16.3 Å². The monoisotopic (exact) mass is 263 g/mol. The summed E-state index contributed by atoms with van der Waals surface area (Å²) < 4.78 is 5.59. The van der Waals surface area contributed by atoms with Crippen molar-refractivity contribution in [2.24, 2.45) is 0 Å². The zero-order chi connectivity index (χ0) is 13.2. The lowest BCUT2D eigenvalue weighted by Crippen LogP contribution is -2.15. The van der Waals surface area contributed by atoms with E-state index < -0.39 is 5.60 Å². The highest BCUT2D eigenvalue weighted by Gasteiger charge is 2.20. The Morgan fingerprint density at radius 2 is 2.06 bits per heavy atom. The van der Waals surface area contributed by atoms with Crippen molar-refractivity contribution in [2.45, 2.75) is 26.4 Å². The van der Waals surface area contributed by atoms with Crippen molar-refractivity contribution in [1.82, 2.24) is 4.98 Å². The molecule has 0 aliphatic carbocycles. The van der Waals surface area contributed by atoms with Crippen LogP contribution in [0.25, 0.3) is 10.6 Å². The predicted octanol–water partition coefficient (Wildman–Crippen LogP) is 3.44. The van der Waals surface area contributed by atoms with Crippen LogP contribution in [0.4, 0.5) is 0 Å². The first-order chi connectivity index (χ1) is 8.52. The van der Waals surface area contributed by atoms with Gasteiger partial charge in [0, 0.05) is 5.38 Å². The molecular weight excluding hydrogens is 246 g/mol.